The molecule has 2 N–H and O–H groups in total. The summed E-state index contributed by atoms with van der Waals surface area (Å²) in [5.74, 6) is -1.74. The molecule has 106 valence electrons. The van der Waals surface area contributed by atoms with E-state index in [4.69, 9.17) is 0 Å². The molecule has 0 atom stereocenters. The van der Waals surface area contributed by atoms with Crippen LogP contribution in [0.5, 0.6) is 0 Å². The van der Waals surface area contributed by atoms with Gasteiger partial charge in [0.2, 0.25) is 0 Å². The molecule has 0 saturated carbocycles. The molecule has 0 aliphatic rings. The fourth-order valence-electron chi connectivity index (χ4n) is 1.62. The molecule has 0 fully saturated rings. The van der Waals surface area contributed by atoms with E-state index in [1.54, 1.807) is 7.05 Å². The van der Waals surface area contributed by atoms with Crippen molar-refractivity contribution in [3.63, 3.8) is 0 Å². The van der Waals surface area contributed by atoms with Crippen molar-refractivity contribution in [3.8, 4) is 0 Å². The summed E-state index contributed by atoms with van der Waals surface area (Å²) >= 11 is 0. The van der Waals surface area contributed by atoms with Crippen molar-refractivity contribution in [3.05, 3.63) is 48.3 Å². The van der Waals surface area contributed by atoms with Gasteiger partial charge >= 0.3 is 0 Å². The zero-order chi connectivity index (χ0) is 14.8. The minimum Gasteiger partial charge on any atom is -0.387 e. The van der Waals surface area contributed by atoms with E-state index < -0.39 is 21.7 Å². The van der Waals surface area contributed by atoms with Gasteiger partial charge in [-0.25, -0.2) is 17.2 Å². The van der Waals surface area contributed by atoms with Gasteiger partial charge in [-0.3, -0.25) is 9.71 Å². The minimum absolute atomic E-state index is 0.118. The van der Waals surface area contributed by atoms with Crippen molar-refractivity contribution >= 4 is 21.4 Å². The Morgan fingerprint density at radius 3 is 2.40 bits per heavy atom. The van der Waals surface area contributed by atoms with Gasteiger partial charge in [0.15, 0.2) is 0 Å². The number of rotatable bonds is 4. The highest BCUT2D eigenvalue weighted by Gasteiger charge is 2.19. The molecule has 0 aliphatic heterocycles. The van der Waals surface area contributed by atoms with Crippen LogP contribution in [0, 0.1) is 11.6 Å². The molecule has 0 spiro atoms. The van der Waals surface area contributed by atoms with E-state index in [0.29, 0.717) is 11.8 Å². The molecule has 8 heteroatoms. The lowest BCUT2D eigenvalue weighted by Gasteiger charge is -2.11. The number of nitrogens with one attached hydrogen (secondary N) is 2. The number of hydrogen-bond acceptors (Lipinski definition) is 4. The molecule has 1 heterocycles. The molecule has 5 nitrogen and oxygen atoms in total. The van der Waals surface area contributed by atoms with Crippen LogP contribution in [0.4, 0.5) is 20.2 Å². The third-order valence-corrected chi connectivity index (χ3v) is 3.87. The van der Waals surface area contributed by atoms with Crippen molar-refractivity contribution in [2.45, 2.75) is 4.90 Å². The molecule has 1 aromatic heterocycles. The molecule has 20 heavy (non-hydrogen) atoms. The Kier molecular flexibility index (Phi) is 3.84. The molecule has 0 saturated heterocycles. The maximum atomic E-state index is 13.1. The van der Waals surface area contributed by atoms with Crippen LogP contribution in [-0.2, 0) is 10.0 Å². The number of benzene rings is 1. The first-order chi connectivity index (χ1) is 9.42. The molecule has 2 aromatic rings. The van der Waals surface area contributed by atoms with Crippen LogP contribution in [0.3, 0.4) is 0 Å². The number of sulfonamides is 1. The van der Waals surface area contributed by atoms with Crippen LogP contribution < -0.4 is 10.0 Å². The van der Waals surface area contributed by atoms with Gasteiger partial charge in [0, 0.05) is 25.5 Å². The number of nitrogens with zero attached hydrogens (tertiary/aromatic N) is 1. The summed E-state index contributed by atoms with van der Waals surface area (Å²) in [6.07, 6.45) is 2.57. The smallest absolute Gasteiger partial charge is 0.265 e. The Labute approximate surface area is 114 Å². The summed E-state index contributed by atoms with van der Waals surface area (Å²) in [5, 5.41) is 2.70. The van der Waals surface area contributed by atoms with E-state index in [1.165, 1.54) is 12.3 Å². The average molecular weight is 299 g/mol. The predicted octanol–water partition coefficient (Wildman–Crippen LogP) is 2.20. The van der Waals surface area contributed by atoms with Crippen LogP contribution in [-0.4, -0.2) is 20.4 Å². The molecule has 1 aromatic carbocycles. The van der Waals surface area contributed by atoms with Gasteiger partial charge < -0.3 is 5.32 Å². The van der Waals surface area contributed by atoms with E-state index in [0.717, 1.165) is 18.3 Å². The maximum Gasteiger partial charge on any atom is 0.265 e. The molecule has 2 rings (SSSR count). The summed E-state index contributed by atoms with van der Waals surface area (Å²) in [6, 6.07) is 3.90. The van der Waals surface area contributed by atoms with E-state index in [9.17, 15) is 17.2 Å². The van der Waals surface area contributed by atoms with Crippen molar-refractivity contribution in [2.24, 2.45) is 0 Å². The van der Waals surface area contributed by atoms with Crippen molar-refractivity contribution in [2.75, 3.05) is 17.1 Å². The molecule has 0 aliphatic carbocycles. The van der Waals surface area contributed by atoms with Gasteiger partial charge in [-0.15, -0.1) is 0 Å². The zero-order valence-corrected chi connectivity index (χ0v) is 11.2. The average Bonchev–Trinajstić information content (AvgIpc) is 2.36. The summed E-state index contributed by atoms with van der Waals surface area (Å²) in [6.45, 7) is 0. The number of pyridine rings is 1. The van der Waals surface area contributed by atoms with Gasteiger partial charge in [0.05, 0.1) is 11.4 Å². The monoisotopic (exact) mass is 299 g/mol. The lowest BCUT2D eigenvalue weighted by Crippen LogP contribution is -2.15. The fourth-order valence-corrected chi connectivity index (χ4v) is 2.82. The highest BCUT2D eigenvalue weighted by molar-refractivity contribution is 7.92. The largest absolute Gasteiger partial charge is 0.387 e. The zero-order valence-electron chi connectivity index (χ0n) is 10.4. The van der Waals surface area contributed by atoms with Crippen LogP contribution in [0.25, 0.3) is 0 Å². The Morgan fingerprint density at radius 1 is 1.15 bits per heavy atom. The molecular weight excluding hydrogens is 288 g/mol. The number of hydrogen-bond donors (Lipinski definition) is 2. The molecule has 0 radical (unpaired) electrons. The minimum atomic E-state index is -4.00. The van der Waals surface area contributed by atoms with E-state index in [2.05, 4.69) is 15.0 Å². The summed E-state index contributed by atoms with van der Waals surface area (Å²) in [4.78, 5) is 3.61. The van der Waals surface area contributed by atoms with Gasteiger partial charge in [-0.2, -0.15) is 0 Å². The summed E-state index contributed by atoms with van der Waals surface area (Å²) < 4.78 is 52.5. The van der Waals surface area contributed by atoms with Crippen molar-refractivity contribution in [1.82, 2.24) is 4.98 Å². The quantitative estimate of drug-likeness (QED) is 0.908. The van der Waals surface area contributed by atoms with Gasteiger partial charge in [0.25, 0.3) is 10.0 Å². The van der Waals surface area contributed by atoms with E-state index in [-0.39, 0.29) is 10.6 Å². The third kappa shape index (κ3) is 3.02. The molecular formula is C12H11F2N3O2S. The lowest BCUT2D eigenvalue weighted by molar-refractivity contribution is 0.584. The normalized spacial score (nSPS) is 11.2. The summed E-state index contributed by atoms with van der Waals surface area (Å²) in [5.41, 5.74) is 0.123. The van der Waals surface area contributed by atoms with E-state index in [1.807, 2.05) is 0 Å². The second-order valence-corrected chi connectivity index (χ2v) is 5.54. The van der Waals surface area contributed by atoms with Crippen LogP contribution in [0.1, 0.15) is 0 Å². The SMILES string of the molecule is CNc1ccncc1S(=O)(=O)Nc1cc(F)cc(F)c1. The highest BCUT2D eigenvalue weighted by atomic mass is 32.2. The first kappa shape index (κ1) is 14.2. The van der Waals surface area contributed by atoms with E-state index >= 15 is 0 Å². The highest BCUT2D eigenvalue weighted by Crippen LogP contribution is 2.23. The number of halogens is 2. The lowest BCUT2D eigenvalue weighted by atomic mass is 10.3. The van der Waals surface area contributed by atoms with Gasteiger partial charge in [0.1, 0.15) is 16.5 Å². The standard InChI is InChI=1S/C12H11F2N3O2S/c1-15-11-2-3-16-7-12(11)20(18,19)17-10-5-8(13)4-9(14)6-10/h2-7,17H,1H3,(H,15,16). The molecule has 0 unspecified atom stereocenters. The topological polar surface area (TPSA) is 71.1 Å². The Balaban J connectivity index is 2.41. The van der Waals surface area contributed by atoms with Crippen molar-refractivity contribution in [1.29, 1.82) is 0 Å². The van der Waals surface area contributed by atoms with Crippen LogP contribution in [0.15, 0.2) is 41.6 Å². The van der Waals surface area contributed by atoms with Gasteiger partial charge in [-0.05, 0) is 18.2 Å². The molecule has 0 amide bonds. The predicted molar refractivity (Wildman–Crippen MR) is 71.0 cm³/mol. The summed E-state index contributed by atoms with van der Waals surface area (Å²) in [7, 11) is -2.45. The van der Waals surface area contributed by atoms with Crippen LogP contribution >= 0.6 is 0 Å². The van der Waals surface area contributed by atoms with Crippen molar-refractivity contribution < 1.29 is 17.2 Å². The Bertz CT molecular complexity index is 715. The third-order valence-electron chi connectivity index (χ3n) is 2.46. The molecule has 0 bridgehead atoms. The maximum absolute atomic E-state index is 13.1. The Hall–Kier alpha value is -2.22. The second-order valence-electron chi connectivity index (χ2n) is 3.89. The number of anilines is 2. The van der Waals surface area contributed by atoms with Crippen LogP contribution in [0.2, 0.25) is 0 Å². The first-order valence-corrected chi connectivity index (χ1v) is 7.01. The van der Waals surface area contributed by atoms with Gasteiger partial charge in [-0.1, -0.05) is 0 Å². The second kappa shape index (κ2) is 5.41. The number of aromatic nitrogens is 1. The first-order valence-electron chi connectivity index (χ1n) is 5.53. The fraction of sp³-hybridized carbons (Fsp3) is 0.0833. The Morgan fingerprint density at radius 2 is 1.80 bits per heavy atom.